The van der Waals surface area contributed by atoms with E-state index in [0.717, 1.165) is 0 Å². The van der Waals surface area contributed by atoms with Crippen molar-refractivity contribution in [2.45, 2.75) is 20.6 Å². The molecule has 0 N–H and O–H groups in total. The fourth-order valence-corrected chi connectivity index (χ4v) is 83.9. The van der Waals surface area contributed by atoms with Crippen LogP contribution in [0.25, 0.3) is 0 Å². The Labute approximate surface area is 151 Å². The summed E-state index contributed by atoms with van der Waals surface area (Å²) in [5, 5.41) is -1.99. The molecule has 0 aromatic heterocycles. The molecule has 2 aliphatic heterocycles. The molecule has 0 saturated carbocycles. The highest BCUT2D eigenvalue weighted by molar-refractivity contribution is 9.55. The first-order chi connectivity index (χ1) is 7.06. The molecule has 2 rings (SSSR count). The van der Waals surface area contributed by atoms with Crippen molar-refractivity contribution in [2.24, 2.45) is 0 Å². The third-order valence-electron chi connectivity index (χ3n) is 2.25. The van der Waals surface area contributed by atoms with Crippen molar-refractivity contribution in [1.82, 2.24) is 0 Å². The Morgan fingerprint density at radius 2 is 1.06 bits per heavy atom. The summed E-state index contributed by atoms with van der Waals surface area (Å²) in [6.07, 6.45) is 0. The van der Waals surface area contributed by atoms with Gasteiger partial charge in [-0.15, -0.1) is 84.4 Å². The second-order valence-corrected chi connectivity index (χ2v) is 46.6. The first kappa shape index (κ1) is 18.0. The molecule has 2 fully saturated rings. The highest BCUT2D eigenvalue weighted by atomic mass is 79.9. The van der Waals surface area contributed by atoms with E-state index in [9.17, 15) is 0 Å². The molecular formula is C4H8Br4Cl4Si4. The molecule has 0 aromatic carbocycles. The van der Waals surface area contributed by atoms with Crippen LogP contribution in [0.15, 0.2) is 0 Å². The second kappa shape index (κ2) is 6.81. The van der Waals surface area contributed by atoms with E-state index in [4.69, 9.17) is 45.4 Å². The monoisotopic (exact) mass is 624 g/mol. The highest BCUT2D eigenvalue weighted by Crippen LogP contribution is 2.54. The van der Waals surface area contributed by atoms with Crippen LogP contribution in [0.3, 0.4) is 0 Å². The Balaban J connectivity index is 0.000000160. The van der Waals surface area contributed by atoms with Gasteiger partial charge in [0.25, 0.3) is 0 Å². The maximum absolute atomic E-state index is 5.77. The van der Waals surface area contributed by atoms with E-state index >= 15 is 0 Å². The molecule has 0 nitrogen and oxygen atoms in total. The molecule has 2 heterocycles. The van der Waals surface area contributed by atoms with Crippen LogP contribution in [0.2, 0.25) is 11.3 Å². The number of hydrogen-bond acceptors (Lipinski definition) is 0. The SMILES string of the molecule is Br[Si]1(Br)C[Si](Br)(Br)C1.ClC1[SiH](Cl)C(Cl)[SiH]1Cl. The maximum atomic E-state index is 5.77. The molecule has 2 aliphatic rings. The van der Waals surface area contributed by atoms with Crippen LogP contribution in [-0.2, 0) is 0 Å². The summed E-state index contributed by atoms with van der Waals surface area (Å²) in [5.41, 5.74) is 2.69. The van der Waals surface area contributed by atoms with E-state index in [1.165, 1.54) is 11.3 Å². The van der Waals surface area contributed by atoms with Gasteiger partial charge in [-0.1, -0.05) is 0 Å². The van der Waals surface area contributed by atoms with E-state index < -0.39 is 26.8 Å². The van der Waals surface area contributed by atoms with Crippen LogP contribution in [0, 0.1) is 0 Å². The molecule has 2 saturated heterocycles. The van der Waals surface area contributed by atoms with Gasteiger partial charge >= 0.3 is 0 Å². The van der Waals surface area contributed by atoms with Crippen LogP contribution >= 0.6 is 107 Å². The topological polar surface area (TPSA) is 0 Å². The average Bonchev–Trinajstić information content (AvgIpc) is 2.11. The molecule has 96 valence electrons. The summed E-state index contributed by atoms with van der Waals surface area (Å²) >= 11 is 37.7. The van der Waals surface area contributed by atoms with Gasteiger partial charge in [0.05, 0.1) is 0 Å². The fourth-order valence-electron chi connectivity index (χ4n) is 1.26. The number of hydrogen-bond donors (Lipinski definition) is 0. The van der Waals surface area contributed by atoms with Crippen molar-refractivity contribution in [1.29, 1.82) is 0 Å². The molecule has 0 atom stereocenters. The fraction of sp³-hybridized carbons (Fsp3) is 1.00. The van der Waals surface area contributed by atoms with E-state index in [-0.39, 0.29) is 9.25 Å². The number of alkyl halides is 2. The van der Waals surface area contributed by atoms with Gasteiger partial charge in [-0.25, -0.2) is 0 Å². The lowest BCUT2D eigenvalue weighted by molar-refractivity contribution is 1.51. The van der Waals surface area contributed by atoms with Crippen molar-refractivity contribution in [3.05, 3.63) is 0 Å². The minimum Gasteiger partial charge on any atom is -0.169 e. The molecule has 0 amide bonds. The van der Waals surface area contributed by atoms with Crippen molar-refractivity contribution in [3.8, 4) is 0 Å². The number of rotatable bonds is 0. The Kier molecular flexibility index (Phi) is 7.65. The van der Waals surface area contributed by atoms with Gasteiger partial charge in [0.15, 0.2) is 26.8 Å². The predicted molar refractivity (Wildman–Crippen MR) is 102 cm³/mol. The smallest absolute Gasteiger partial charge is 0.169 e. The summed E-state index contributed by atoms with van der Waals surface area (Å²) < 4.78 is 0.252. The Hall–Kier alpha value is 3.95. The summed E-state index contributed by atoms with van der Waals surface area (Å²) in [7, 11) is -2.56. The van der Waals surface area contributed by atoms with Gasteiger partial charge in [0, 0.05) is 9.25 Å². The molecule has 12 heteroatoms. The second-order valence-electron chi connectivity index (χ2n) is 3.84. The zero-order valence-electron chi connectivity index (χ0n) is 7.75. The van der Waals surface area contributed by atoms with Crippen LogP contribution in [0.1, 0.15) is 0 Å². The van der Waals surface area contributed by atoms with Gasteiger partial charge in [-0.3, -0.25) is 0 Å². The lowest BCUT2D eigenvalue weighted by atomic mass is 11.7. The molecule has 0 bridgehead atoms. The van der Waals surface area contributed by atoms with Crippen molar-refractivity contribution in [2.75, 3.05) is 0 Å². The van der Waals surface area contributed by atoms with Crippen molar-refractivity contribution >= 4 is 133 Å². The summed E-state index contributed by atoms with van der Waals surface area (Å²) in [5.74, 6) is 0. The van der Waals surface area contributed by atoms with Crippen molar-refractivity contribution in [3.63, 3.8) is 0 Å². The van der Waals surface area contributed by atoms with Gasteiger partial charge in [0.2, 0.25) is 0 Å². The minimum atomic E-state index is -1.28. The van der Waals surface area contributed by atoms with Crippen LogP contribution < -0.4 is 0 Å². The Bertz CT molecular complexity index is 214. The third kappa shape index (κ3) is 5.05. The maximum Gasteiger partial charge on any atom is 0.199 e. The average molecular weight is 630 g/mol. The van der Waals surface area contributed by atoms with E-state index in [1.54, 1.807) is 0 Å². The molecule has 16 heavy (non-hydrogen) atoms. The molecular weight excluding hydrogens is 622 g/mol. The predicted octanol–water partition coefficient (Wildman–Crippen LogP) is 4.84. The zero-order valence-corrected chi connectivity index (χ0v) is 21.4. The largest absolute Gasteiger partial charge is 0.199 e. The standard InChI is InChI=1S/C2H4Br4Si2.C2H4Cl4Si2/c3-7(4)1-8(5,6)2-7;3-1-7(5)2(4)8(1)6/h1-2H2;1-2,7-8H. The lowest BCUT2D eigenvalue weighted by Gasteiger charge is -2.38. The quantitative estimate of drug-likeness (QED) is 0.205. The van der Waals surface area contributed by atoms with Gasteiger partial charge < -0.3 is 0 Å². The van der Waals surface area contributed by atoms with Gasteiger partial charge in [0.1, 0.15) is 0 Å². The van der Waals surface area contributed by atoms with Gasteiger partial charge in [-0.2, -0.15) is 22.2 Å². The van der Waals surface area contributed by atoms with Crippen molar-refractivity contribution < 1.29 is 0 Å². The normalized spacial score (nSPS) is 43.5. The van der Waals surface area contributed by atoms with E-state index in [0.29, 0.717) is 0 Å². The van der Waals surface area contributed by atoms with Crippen LogP contribution in [-0.4, -0.2) is 36.1 Å². The van der Waals surface area contributed by atoms with Crippen LogP contribution in [0.5, 0.6) is 0 Å². The Morgan fingerprint density at radius 1 is 0.812 bits per heavy atom. The Morgan fingerprint density at radius 3 is 1.12 bits per heavy atom. The molecule has 0 spiro atoms. The molecule has 0 aliphatic carbocycles. The summed E-state index contributed by atoms with van der Waals surface area (Å²) in [4.78, 5) is 0. The highest BCUT2D eigenvalue weighted by Gasteiger charge is 2.53. The molecule has 0 aromatic rings. The lowest BCUT2D eigenvalue weighted by Crippen LogP contribution is -2.60. The zero-order chi connectivity index (χ0) is 12.7. The van der Waals surface area contributed by atoms with E-state index in [2.05, 4.69) is 61.2 Å². The molecule has 0 radical (unpaired) electrons. The summed E-state index contributed by atoms with van der Waals surface area (Å²) in [6, 6.07) is 0. The van der Waals surface area contributed by atoms with Gasteiger partial charge in [-0.05, 0) is 11.3 Å². The molecule has 0 unspecified atom stereocenters. The first-order valence-corrected chi connectivity index (χ1v) is 25.3. The first-order valence-electron chi connectivity index (χ1n) is 4.38. The van der Waals surface area contributed by atoms with Crippen LogP contribution in [0.4, 0.5) is 0 Å². The minimum absolute atomic E-state index is 0.126. The number of halogens is 8. The summed E-state index contributed by atoms with van der Waals surface area (Å²) in [6.45, 7) is 0. The van der Waals surface area contributed by atoms with E-state index in [1.807, 2.05) is 0 Å². The third-order valence-corrected chi connectivity index (χ3v) is 49.1.